The molecular weight excluding hydrogens is 186 g/mol. The molecule has 0 spiro atoms. The second-order valence-electron chi connectivity index (χ2n) is 4.04. The van der Waals surface area contributed by atoms with Crippen LogP contribution >= 0.6 is 0 Å². The zero-order valence-corrected chi connectivity index (χ0v) is 10.3. The van der Waals surface area contributed by atoms with Crippen LogP contribution in [0.15, 0.2) is 16.7 Å². The maximum atomic E-state index is 5.39. The minimum Gasteiger partial charge on any atom is -0.469 e. The van der Waals surface area contributed by atoms with E-state index in [1.807, 2.05) is 6.92 Å². The number of rotatable bonds is 6. The average Bonchev–Trinajstić information content (AvgIpc) is 2.65. The molecule has 1 unspecified atom stereocenters. The van der Waals surface area contributed by atoms with Crippen LogP contribution in [-0.2, 0) is 0 Å². The van der Waals surface area contributed by atoms with E-state index in [4.69, 9.17) is 4.42 Å². The standard InChI is InChI=1S/C13H23NO/c1-5-11(6-2)13(14-7-3)12-8-9-15-10(12)4/h8-9,11,13-14H,5-7H2,1-4H3. The molecule has 0 saturated carbocycles. The van der Waals surface area contributed by atoms with Crippen LogP contribution in [0.1, 0.15) is 51.0 Å². The molecule has 0 fully saturated rings. The Bertz CT molecular complexity index is 276. The van der Waals surface area contributed by atoms with E-state index in [1.54, 1.807) is 6.26 Å². The zero-order chi connectivity index (χ0) is 11.3. The molecule has 15 heavy (non-hydrogen) atoms. The number of aryl methyl sites for hydroxylation is 1. The molecule has 2 nitrogen and oxygen atoms in total. The highest BCUT2D eigenvalue weighted by atomic mass is 16.3. The van der Waals surface area contributed by atoms with Crippen molar-refractivity contribution in [2.75, 3.05) is 6.54 Å². The van der Waals surface area contributed by atoms with Crippen LogP contribution in [0.3, 0.4) is 0 Å². The van der Waals surface area contributed by atoms with Crippen molar-refractivity contribution >= 4 is 0 Å². The second-order valence-corrected chi connectivity index (χ2v) is 4.04. The van der Waals surface area contributed by atoms with Gasteiger partial charge in [-0.25, -0.2) is 0 Å². The summed E-state index contributed by atoms with van der Waals surface area (Å²) in [5, 5.41) is 3.57. The van der Waals surface area contributed by atoms with Crippen molar-refractivity contribution in [2.24, 2.45) is 5.92 Å². The number of furan rings is 1. The van der Waals surface area contributed by atoms with E-state index in [0.29, 0.717) is 12.0 Å². The monoisotopic (exact) mass is 209 g/mol. The van der Waals surface area contributed by atoms with E-state index < -0.39 is 0 Å². The Hall–Kier alpha value is -0.760. The van der Waals surface area contributed by atoms with Crippen LogP contribution in [0.25, 0.3) is 0 Å². The molecule has 0 aliphatic rings. The molecule has 1 heterocycles. The maximum absolute atomic E-state index is 5.39. The molecule has 86 valence electrons. The lowest BCUT2D eigenvalue weighted by molar-refractivity contribution is 0.342. The molecule has 1 atom stereocenters. The first-order valence-electron chi connectivity index (χ1n) is 6.01. The fourth-order valence-corrected chi connectivity index (χ4v) is 2.23. The molecule has 0 aromatic carbocycles. The number of hydrogen-bond acceptors (Lipinski definition) is 2. The largest absolute Gasteiger partial charge is 0.469 e. The fourth-order valence-electron chi connectivity index (χ4n) is 2.23. The van der Waals surface area contributed by atoms with Crippen molar-refractivity contribution in [2.45, 2.75) is 46.6 Å². The van der Waals surface area contributed by atoms with Gasteiger partial charge in [0.25, 0.3) is 0 Å². The number of nitrogens with one attached hydrogen (secondary N) is 1. The quantitative estimate of drug-likeness (QED) is 0.773. The van der Waals surface area contributed by atoms with Crippen LogP contribution in [0.2, 0.25) is 0 Å². The predicted octanol–water partition coefficient (Wildman–Crippen LogP) is 3.67. The van der Waals surface area contributed by atoms with Crippen molar-refractivity contribution in [3.63, 3.8) is 0 Å². The van der Waals surface area contributed by atoms with Crippen molar-refractivity contribution in [3.05, 3.63) is 23.7 Å². The van der Waals surface area contributed by atoms with Gasteiger partial charge in [0.1, 0.15) is 5.76 Å². The summed E-state index contributed by atoms with van der Waals surface area (Å²) in [4.78, 5) is 0. The molecule has 0 saturated heterocycles. The lowest BCUT2D eigenvalue weighted by Crippen LogP contribution is -2.27. The minimum atomic E-state index is 0.448. The van der Waals surface area contributed by atoms with Crippen molar-refractivity contribution < 1.29 is 4.42 Å². The molecule has 1 N–H and O–H groups in total. The molecule has 1 rings (SSSR count). The van der Waals surface area contributed by atoms with E-state index in [1.165, 1.54) is 18.4 Å². The summed E-state index contributed by atoms with van der Waals surface area (Å²) in [5.41, 5.74) is 1.32. The van der Waals surface area contributed by atoms with E-state index in [0.717, 1.165) is 12.3 Å². The van der Waals surface area contributed by atoms with Gasteiger partial charge in [0, 0.05) is 11.6 Å². The molecule has 0 aliphatic carbocycles. The lowest BCUT2D eigenvalue weighted by Gasteiger charge is -2.25. The first kappa shape index (κ1) is 12.3. The fraction of sp³-hybridized carbons (Fsp3) is 0.692. The van der Waals surface area contributed by atoms with Crippen LogP contribution in [0.4, 0.5) is 0 Å². The van der Waals surface area contributed by atoms with Gasteiger partial charge in [-0.15, -0.1) is 0 Å². The van der Waals surface area contributed by atoms with Crippen LogP contribution in [0, 0.1) is 12.8 Å². The van der Waals surface area contributed by atoms with Crippen LogP contribution in [-0.4, -0.2) is 6.54 Å². The Kier molecular flexibility index (Phi) is 4.89. The first-order valence-corrected chi connectivity index (χ1v) is 6.01. The van der Waals surface area contributed by atoms with Gasteiger partial charge in [-0.2, -0.15) is 0 Å². The first-order chi connectivity index (χ1) is 7.24. The Morgan fingerprint density at radius 3 is 2.33 bits per heavy atom. The normalized spacial score (nSPS) is 13.4. The van der Waals surface area contributed by atoms with Crippen molar-refractivity contribution in [1.82, 2.24) is 5.32 Å². The third-order valence-electron chi connectivity index (χ3n) is 3.18. The molecule has 0 amide bonds. The highest BCUT2D eigenvalue weighted by Crippen LogP contribution is 2.29. The molecule has 0 radical (unpaired) electrons. The third kappa shape index (κ3) is 2.85. The highest BCUT2D eigenvalue weighted by Gasteiger charge is 2.22. The van der Waals surface area contributed by atoms with Gasteiger partial charge in [0.15, 0.2) is 0 Å². The van der Waals surface area contributed by atoms with Gasteiger partial charge in [-0.3, -0.25) is 0 Å². The molecule has 0 aliphatic heterocycles. The van der Waals surface area contributed by atoms with Gasteiger partial charge in [0.05, 0.1) is 6.26 Å². The summed E-state index contributed by atoms with van der Waals surface area (Å²) >= 11 is 0. The van der Waals surface area contributed by atoms with E-state index in [-0.39, 0.29) is 0 Å². The van der Waals surface area contributed by atoms with Crippen molar-refractivity contribution in [3.8, 4) is 0 Å². The van der Waals surface area contributed by atoms with E-state index in [2.05, 4.69) is 32.2 Å². The minimum absolute atomic E-state index is 0.448. The smallest absolute Gasteiger partial charge is 0.105 e. The Morgan fingerprint density at radius 2 is 1.93 bits per heavy atom. The summed E-state index contributed by atoms with van der Waals surface area (Å²) in [6.07, 6.45) is 4.20. The highest BCUT2D eigenvalue weighted by molar-refractivity contribution is 5.21. The summed E-state index contributed by atoms with van der Waals surface area (Å²) in [6, 6.07) is 2.55. The molecule has 0 bridgehead atoms. The van der Waals surface area contributed by atoms with E-state index >= 15 is 0 Å². The Morgan fingerprint density at radius 1 is 1.27 bits per heavy atom. The van der Waals surface area contributed by atoms with Gasteiger partial charge in [-0.1, -0.05) is 33.6 Å². The SMILES string of the molecule is CCNC(c1ccoc1C)C(CC)CC. The average molecular weight is 209 g/mol. The Labute approximate surface area is 93.1 Å². The molecule has 1 aromatic heterocycles. The van der Waals surface area contributed by atoms with Gasteiger partial charge in [0.2, 0.25) is 0 Å². The topological polar surface area (TPSA) is 25.2 Å². The maximum Gasteiger partial charge on any atom is 0.105 e. The van der Waals surface area contributed by atoms with Crippen molar-refractivity contribution in [1.29, 1.82) is 0 Å². The van der Waals surface area contributed by atoms with Crippen LogP contribution in [0.5, 0.6) is 0 Å². The third-order valence-corrected chi connectivity index (χ3v) is 3.18. The molecule has 2 heteroatoms. The number of hydrogen-bond donors (Lipinski definition) is 1. The van der Waals surface area contributed by atoms with Gasteiger partial charge < -0.3 is 9.73 Å². The lowest BCUT2D eigenvalue weighted by atomic mass is 9.89. The summed E-state index contributed by atoms with van der Waals surface area (Å²) in [5.74, 6) is 1.74. The summed E-state index contributed by atoms with van der Waals surface area (Å²) < 4.78 is 5.39. The van der Waals surface area contributed by atoms with Crippen LogP contribution < -0.4 is 5.32 Å². The second kappa shape index (κ2) is 5.96. The summed E-state index contributed by atoms with van der Waals surface area (Å²) in [7, 11) is 0. The summed E-state index contributed by atoms with van der Waals surface area (Å²) in [6.45, 7) is 9.72. The molecular formula is C13H23NO. The zero-order valence-electron chi connectivity index (χ0n) is 10.3. The van der Waals surface area contributed by atoms with Gasteiger partial charge >= 0.3 is 0 Å². The van der Waals surface area contributed by atoms with Gasteiger partial charge in [-0.05, 0) is 25.5 Å². The predicted molar refractivity (Wildman–Crippen MR) is 63.9 cm³/mol. The van der Waals surface area contributed by atoms with E-state index in [9.17, 15) is 0 Å². The Balaban J connectivity index is 2.86. The molecule has 1 aromatic rings.